The Hall–Kier alpha value is -3.36. The van der Waals surface area contributed by atoms with Gasteiger partial charge in [-0.1, -0.05) is 29.8 Å². The van der Waals surface area contributed by atoms with Gasteiger partial charge in [-0.2, -0.15) is 0 Å². The Morgan fingerprint density at radius 2 is 1.83 bits per heavy atom. The number of hydrogen-bond donors (Lipinski definition) is 0. The number of carbonyl (C=O) groups is 2. The molecule has 7 nitrogen and oxygen atoms in total. The molecule has 30 heavy (non-hydrogen) atoms. The second kappa shape index (κ2) is 8.17. The summed E-state index contributed by atoms with van der Waals surface area (Å²) in [5.74, 6) is -0.383. The Balaban J connectivity index is 1.60. The first kappa shape index (κ1) is 19.9. The average molecular weight is 440 g/mol. The number of aromatic nitrogens is 1. The highest BCUT2D eigenvalue weighted by Crippen LogP contribution is 2.34. The number of nitro groups is 1. The molecule has 150 valence electrons. The van der Waals surface area contributed by atoms with Crippen LogP contribution in [0.2, 0.25) is 5.02 Å². The van der Waals surface area contributed by atoms with E-state index < -0.39 is 4.92 Å². The molecule has 9 heteroatoms. The van der Waals surface area contributed by atoms with Crippen LogP contribution in [0.1, 0.15) is 11.3 Å². The van der Waals surface area contributed by atoms with Gasteiger partial charge in [0.25, 0.3) is 16.8 Å². The summed E-state index contributed by atoms with van der Waals surface area (Å²) in [6.07, 6.45) is 3.36. The van der Waals surface area contributed by atoms with E-state index in [0.717, 1.165) is 17.3 Å². The molecular formula is C21H14ClN3O4S. The summed E-state index contributed by atoms with van der Waals surface area (Å²) in [6, 6.07) is 16.7. The Kier molecular flexibility index (Phi) is 5.43. The second-order valence-corrected chi connectivity index (χ2v) is 7.90. The summed E-state index contributed by atoms with van der Waals surface area (Å²) >= 11 is 6.75. The van der Waals surface area contributed by atoms with Gasteiger partial charge in [-0.25, -0.2) is 0 Å². The molecule has 0 atom stereocenters. The molecule has 1 aliphatic rings. The fourth-order valence-electron chi connectivity index (χ4n) is 3.05. The van der Waals surface area contributed by atoms with Crippen LogP contribution in [-0.4, -0.2) is 25.5 Å². The third-order valence-corrected chi connectivity index (χ3v) is 5.66. The average Bonchev–Trinajstić information content (AvgIpc) is 3.30. The van der Waals surface area contributed by atoms with Crippen LogP contribution in [0.4, 0.5) is 10.5 Å². The number of halogens is 1. The molecule has 1 aliphatic heterocycles. The lowest BCUT2D eigenvalue weighted by Gasteiger charge is -2.12. The second-order valence-electron chi connectivity index (χ2n) is 6.47. The molecule has 2 heterocycles. The van der Waals surface area contributed by atoms with Crippen LogP contribution in [0.3, 0.4) is 0 Å². The predicted molar refractivity (Wildman–Crippen MR) is 115 cm³/mol. The summed E-state index contributed by atoms with van der Waals surface area (Å²) in [5, 5.41) is 11.3. The topological polar surface area (TPSA) is 85.5 Å². The zero-order valence-corrected chi connectivity index (χ0v) is 17.0. The number of nitro benzene ring substituents is 1. The standard InChI is InChI=1S/C21H14ClN3O4S/c22-15-8-6-14(7-9-15)13-24-20(26)19(30-21(24)27)12-17-5-2-10-23(17)16-3-1-4-18(11-16)25(28)29/h1-12H,13H2/b19-12-. The van der Waals surface area contributed by atoms with Crippen molar-refractivity contribution in [3.63, 3.8) is 0 Å². The predicted octanol–water partition coefficient (Wildman–Crippen LogP) is 5.28. The molecular weight excluding hydrogens is 426 g/mol. The van der Waals surface area contributed by atoms with Crippen LogP contribution < -0.4 is 0 Å². The molecule has 1 aromatic heterocycles. The summed E-state index contributed by atoms with van der Waals surface area (Å²) in [6.45, 7) is 0.158. The Bertz CT molecular complexity index is 1190. The van der Waals surface area contributed by atoms with Gasteiger partial charge in [0, 0.05) is 29.0 Å². The number of benzene rings is 2. The van der Waals surface area contributed by atoms with Crippen molar-refractivity contribution in [3.05, 3.63) is 98.2 Å². The van der Waals surface area contributed by atoms with Crippen LogP contribution in [0.5, 0.6) is 0 Å². The number of amides is 2. The molecule has 4 rings (SSSR count). The van der Waals surface area contributed by atoms with Crippen LogP contribution in [0.15, 0.2) is 71.8 Å². The van der Waals surface area contributed by atoms with Crippen LogP contribution >= 0.6 is 23.4 Å². The highest BCUT2D eigenvalue weighted by molar-refractivity contribution is 8.18. The molecule has 0 N–H and O–H groups in total. The molecule has 0 radical (unpaired) electrons. The van der Waals surface area contributed by atoms with Gasteiger partial charge < -0.3 is 4.57 Å². The van der Waals surface area contributed by atoms with E-state index in [1.807, 2.05) is 0 Å². The van der Waals surface area contributed by atoms with Crippen molar-refractivity contribution >= 4 is 46.3 Å². The van der Waals surface area contributed by atoms with E-state index in [1.165, 1.54) is 17.0 Å². The SMILES string of the molecule is O=C1S/C(=C\c2cccn2-c2cccc([N+](=O)[O-])c2)C(=O)N1Cc1ccc(Cl)cc1. The van der Waals surface area contributed by atoms with E-state index in [9.17, 15) is 19.7 Å². The number of thioether (sulfide) groups is 1. The van der Waals surface area contributed by atoms with E-state index in [-0.39, 0.29) is 23.4 Å². The molecule has 0 bridgehead atoms. The fraction of sp³-hybridized carbons (Fsp3) is 0.0476. The quantitative estimate of drug-likeness (QED) is 0.307. The summed E-state index contributed by atoms with van der Waals surface area (Å²) in [7, 11) is 0. The van der Waals surface area contributed by atoms with Crippen molar-refractivity contribution < 1.29 is 14.5 Å². The number of imide groups is 1. The van der Waals surface area contributed by atoms with Gasteiger partial charge in [-0.3, -0.25) is 24.6 Å². The maximum Gasteiger partial charge on any atom is 0.293 e. The van der Waals surface area contributed by atoms with E-state index >= 15 is 0 Å². The van der Waals surface area contributed by atoms with Gasteiger partial charge >= 0.3 is 0 Å². The molecule has 3 aromatic rings. The maximum absolute atomic E-state index is 12.8. The molecule has 1 saturated heterocycles. The summed E-state index contributed by atoms with van der Waals surface area (Å²) in [5.41, 5.74) is 1.98. The molecule has 0 saturated carbocycles. The summed E-state index contributed by atoms with van der Waals surface area (Å²) < 4.78 is 1.72. The lowest BCUT2D eigenvalue weighted by Crippen LogP contribution is -2.27. The van der Waals surface area contributed by atoms with Gasteiger partial charge in [0.15, 0.2) is 0 Å². The fourth-order valence-corrected chi connectivity index (χ4v) is 4.00. The molecule has 0 unspecified atom stereocenters. The van der Waals surface area contributed by atoms with Crippen LogP contribution in [-0.2, 0) is 11.3 Å². The molecule has 2 amide bonds. The molecule has 2 aromatic carbocycles. The third kappa shape index (κ3) is 4.00. The molecule has 0 aliphatic carbocycles. The minimum Gasteiger partial charge on any atom is -0.317 e. The van der Waals surface area contributed by atoms with Crippen LogP contribution in [0.25, 0.3) is 11.8 Å². The molecule has 1 fully saturated rings. The largest absolute Gasteiger partial charge is 0.317 e. The first-order valence-electron chi connectivity index (χ1n) is 8.84. The van der Waals surface area contributed by atoms with Gasteiger partial charge in [-0.05, 0) is 53.7 Å². The monoisotopic (exact) mass is 439 g/mol. The Morgan fingerprint density at radius 3 is 2.57 bits per heavy atom. The van der Waals surface area contributed by atoms with Crippen molar-refractivity contribution in [3.8, 4) is 5.69 Å². The van der Waals surface area contributed by atoms with Gasteiger partial charge in [0.1, 0.15) is 0 Å². The first-order valence-corrected chi connectivity index (χ1v) is 10.0. The third-order valence-electron chi connectivity index (χ3n) is 4.51. The highest BCUT2D eigenvalue weighted by Gasteiger charge is 2.35. The smallest absolute Gasteiger partial charge is 0.293 e. The number of carbonyl (C=O) groups excluding carboxylic acids is 2. The maximum atomic E-state index is 12.8. The number of non-ortho nitro benzene ring substituents is 1. The van der Waals surface area contributed by atoms with E-state index in [0.29, 0.717) is 21.3 Å². The number of nitrogens with zero attached hydrogens (tertiary/aromatic N) is 3. The van der Waals surface area contributed by atoms with Gasteiger partial charge in [-0.15, -0.1) is 0 Å². The number of hydrogen-bond acceptors (Lipinski definition) is 5. The highest BCUT2D eigenvalue weighted by atomic mass is 35.5. The first-order chi connectivity index (χ1) is 14.4. The normalized spacial score (nSPS) is 15.2. The minimum absolute atomic E-state index is 0.0320. The summed E-state index contributed by atoms with van der Waals surface area (Å²) in [4.78, 5) is 37.2. The van der Waals surface area contributed by atoms with E-state index in [4.69, 9.17) is 11.6 Å². The van der Waals surface area contributed by atoms with E-state index in [2.05, 4.69) is 0 Å². The Labute approximate surface area is 180 Å². The molecule has 0 spiro atoms. The number of rotatable bonds is 5. The van der Waals surface area contributed by atoms with E-state index in [1.54, 1.807) is 65.4 Å². The van der Waals surface area contributed by atoms with Crippen molar-refractivity contribution in [2.45, 2.75) is 6.54 Å². The zero-order valence-electron chi connectivity index (χ0n) is 15.4. The van der Waals surface area contributed by atoms with Crippen molar-refractivity contribution in [2.24, 2.45) is 0 Å². The van der Waals surface area contributed by atoms with Gasteiger partial charge in [0.05, 0.1) is 22.1 Å². The lowest BCUT2D eigenvalue weighted by atomic mass is 10.2. The van der Waals surface area contributed by atoms with Crippen molar-refractivity contribution in [2.75, 3.05) is 0 Å². The van der Waals surface area contributed by atoms with Crippen molar-refractivity contribution in [1.82, 2.24) is 9.47 Å². The Morgan fingerprint density at radius 1 is 1.07 bits per heavy atom. The van der Waals surface area contributed by atoms with Gasteiger partial charge in [0.2, 0.25) is 0 Å². The van der Waals surface area contributed by atoms with Crippen LogP contribution in [0, 0.1) is 10.1 Å². The lowest BCUT2D eigenvalue weighted by molar-refractivity contribution is -0.384. The zero-order chi connectivity index (χ0) is 21.3. The minimum atomic E-state index is -0.463. The van der Waals surface area contributed by atoms with Crippen molar-refractivity contribution in [1.29, 1.82) is 0 Å².